The van der Waals surface area contributed by atoms with Gasteiger partial charge in [0.05, 0.1) is 0 Å². The summed E-state index contributed by atoms with van der Waals surface area (Å²) in [7, 11) is 0. The van der Waals surface area contributed by atoms with Gasteiger partial charge in [0.1, 0.15) is 10.6 Å². The van der Waals surface area contributed by atoms with Gasteiger partial charge in [0.25, 0.3) is 0 Å². The highest BCUT2D eigenvalue weighted by Gasteiger charge is 2.16. The van der Waals surface area contributed by atoms with Crippen LogP contribution >= 0.6 is 27.3 Å². The fourth-order valence-electron chi connectivity index (χ4n) is 0.858. The van der Waals surface area contributed by atoms with Crippen molar-refractivity contribution in [1.29, 1.82) is 0 Å². The predicted octanol–water partition coefficient (Wildman–Crippen LogP) is 2.35. The van der Waals surface area contributed by atoms with Crippen LogP contribution in [0.25, 0.3) is 0 Å². The fourth-order valence-corrected chi connectivity index (χ4v) is 2.06. The van der Waals surface area contributed by atoms with Crippen LogP contribution in [0.2, 0.25) is 0 Å². The Kier molecular flexibility index (Phi) is 4.09. The first-order valence-electron chi connectivity index (χ1n) is 3.84. The molecule has 0 saturated heterocycles. The molecule has 1 aromatic rings. The third-order valence-electron chi connectivity index (χ3n) is 1.47. The lowest BCUT2D eigenvalue weighted by atomic mass is 10.2. The fraction of sp³-hybridized carbons (Fsp3) is 0.250. The van der Waals surface area contributed by atoms with E-state index < -0.39 is 12.0 Å². The van der Waals surface area contributed by atoms with Crippen LogP contribution in [0.1, 0.15) is 6.42 Å². The zero-order valence-electron chi connectivity index (χ0n) is 7.24. The number of halogens is 1. The van der Waals surface area contributed by atoms with Crippen molar-refractivity contribution in [2.45, 2.75) is 12.5 Å². The van der Waals surface area contributed by atoms with Crippen LogP contribution in [0, 0.1) is 0 Å². The number of thiazole rings is 1. The molecule has 1 heterocycles. The maximum absolute atomic E-state index is 10.8. The Bertz CT molecular complexity index is 340. The first-order chi connectivity index (χ1) is 6.63. The summed E-state index contributed by atoms with van der Waals surface area (Å²) in [4.78, 5) is 14.8. The van der Waals surface area contributed by atoms with E-state index in [4.69, 9.17) is 5.11 Å². The number of nitrogens with one attached hydrogen (secondary N) is 1. The highest BCUT2D eigenvalue weighted by atomic mass is 79.9. The van der Waals surface area contributed by atoms with Crippen LogP contribution in [-0.4, -0.2) is 22.1 Å². The maximum Gasteiger partial charge on any atom is 0.326 e. The molecule has 0 aliphatic rings. The smallest absolute Gasteiger partial charge is 0.326 e. The van der Waals surface area contributed by atoms with Crippen molar-refractivity contribution in [3.8, 4) is 0 Å². The highest BCUT2D eigenvalue weighted by molar-refractivity contribution is 9.10. The Morgan fingerprint density at radius 3 is 3.07 bits per heavy atom. The zero-order chi connectivity index (χ0) is 10.6. The number of aliphatic carboxylic acids is 1. The average Bonchev–Trinajstić information content (AvgIpc) is 2.50. The van der Waals surface area contributed by atoms with Gasteiger partial charge in [-0.25, -0.2) is 9.78 Å². The topological polar surface area (TPSA) is 62.2 Å². The molecule has 1 aromatic heterocycles. The summed E-state index contributed by atoms with van der Waals surface area (Å²) in [6, 6.07) is -0.662. The second kappa shape index (κ2) is 5.11. The molecule has 0 aliphatic heterocycles. The van der Waals surface area contributed by atoms with Gasteiger partial charge in [0.15, 0.2) is 5.13 Å². The molecule has 0 saturated carbocycles. The minimum absolute atomic E-state index is 0.368. The second-order valence-corrected chi connectivity index (χ2v) is 4.21. The molecule has 6 heteroatoms. The second-order valence-electron chi connectivity index (χ2n) is 2.53. The molecule has 0 aromatic carbocycles. The van der Waals surface area contributed by atoms with Crippen LogP contribution in [0.3, 0.4) is 0 Å². The van der Waals surface area contributed by atoms with Gasteiger partial charge in [0.2, 0.25) is 0 Å². The summed E-state index contributed by atoms with van der Waals surface area (Å²) in [5.41, 5.74) is 0. The first kappa shape index (κ1) is 11.2. The third-order valence-corrected chi connectivity index (χ3v) is 2.96. The number of hydrogen-bond acceptors (Lipinski definition) is 4. The Hall–Kier alpha value is -0.880. The van der Waals surface area contributed by atoms with Crippen molar-refractivity contribution in [1.82, 2.24) is 4.98 Å². The van der Waals surface area contributed by atoms with Crippen molar-refractivity contribution in [3.63, 3.8) is 0 Å². The van der Waals surface area contributed by atoms with Crippen LogP contribution in [0.4, 0.5) is 5.13 Å². The number of carboxylic acid groups (broad SMARTS) is 1. The lowest BCUT2D eigenvalue weighted by Crippen LogP contribution is -2.28. The van der Waals surface area contributed by atoms with Crippen molar-refractivity contribution >= 4 is 38.4 Å². The first-order valence-corrected chi connectivity index (χ1v) is 5.52. The molecule has 1 unspecified atom stereocenters. The molecule has 0 aliphatic carbocycles. The van der Waals surface area contributed by atoms with Gasteiger partial charge in [-0.3, -0.25) is 0 Å². The minimum atomic E-state index is -0.906. The van der Waals surface area contributed by atoms with Crippen LogP contribution in [0.15, 0.2) is 22.6 Å². The zero-order valence-corrected chi connectivity index (χ0v) is 9.64. The van der Waals surface area contributed by atoms with Gasteiger partial charge >= 0.3 is 5.97 Å². The number of hydrogen-bond donors (Lipinski definition) is 2. The normalized spacial score (nSPS) is 12.1. The lowest BCUT2D eigenvalue weighted by Gasteiger charge is -2.10. The molecule has 1 rings (SSSR count). The van der Waals surface area contributed by atoms with Crippen LogP contribution < -0.4 is 5.32 Å². The summed E-state index contributed by atoms with van der Waals surface area (Å²) >= 11 is 4.54. The van der Waals surface area contributed by atoms with E-state index in [2.05, 4.69) is 32.8 Å². The van der Waals surface area contributed by atoms with Crippen molar-refractivity contribution in [2.75, 3.05) is 5.32 Å². The van der Waals surface area contributed by atoms with Crippen molar-refractivity contribution in [2.24, 2.45) is 0 Å². The summed E-state index contributed by atoms with van der Waals surface area (Å²) in [6.07, 6.45) is 1.93. The maximum atomic E-state index is 10.8. The van der Waals surface area contributed by atoms with Gasteiger partial charge in [-0.2, -0.15) is 0 Å². The Morgan fingerprint density at radius 2 is 2.64 bits per heavy atom. The standard InChI is InChI=1S/C8H9BrN2O2S/c1-2-3-5(7(12)13)10-8-11-6(9)4-14-8/h2,4-5H,1,3H2,(H,10,11)(H,12,13). The van der Waals surface area contributed by atoms with Crippen molar-refractivity contribution < 1.29 is 9.90 Å². The molecule has 0 bridgehead atoms. The Balaban J connectivity index is 2.64. The van der Waals surface area contributed by atoms with Crippen molar-refractivity contribution in [3.05, 3.63) is 22.6 Å². The van der Waals surface area contributed by atoms with E-state index >= 15 is 0 Å². The van der Waals surface area contributed by atoms with Gasteiger partial charge < -0.3 is 10.4 Å². The summed E-state index contributed by atoms with van der Waals surface area (Å²) in [5.74, 6) is -0.906. The highest BCUT2D eigenvalue weighted by Crippen LogP contribution is 2.20. The number of anilines is 1. The van der Waals surface area contributed by atoms with Gasteiger partial charge in [-0.05, 0) is 22.4 Å². The molecular weight excluding hydrogens is 268 g/mol. The SMILES string of the molecule is C=CCC(Nc1nc(Br)cs1)C(=O)O. The van der Waals surface area contributed by atoms with E-state index in [1.54, 1.807) is 11.5 Å². The van der Waals surface area contributed by atoms with Crippen LogP contribution in [-0.2, 0) is 4.79 Å². The van der Waals surface area contributed by atoms with Gasteiger partial charge in [0, 0.05) is 5.38 Å². The minimum Gasteiger partial charge on any atom is -0.480 e. The van der Waals surface area contributed by atoms with Gasteiger partial charge in [-0.1, -0.05) is 6.08 Å². The summed E-state index contributed by atoms with van der Waals surface area (Å²) in [5, 5.41) is 14.0. The molecule has 4 nitrogen and oxygen atoms in total. The monoisotopic (exact) mass is 276 g/mol. The van der Waals surface area contributed by atoms with E-state index in [0.717, 1.165) is 0 Å². The molecule has 0 fully saturated rings. The van der Waals surface area contributed by atoms with E-state index in [9.17, 15) is 4.79 Å². The average molecular weight is 277 g/mol. The molecule has 1 atom stereocenters. The van der Waals surface area contributed by atoms with E-state index in [1.165, 1.54) is 11.3 Å². The molecule has 76 valence electrons. The van der Waals surface area contributed by atoms with Gasteiger partial charge in [-0.15, -0.1) is 17.9 Å². The molecular formula is C8H9BrN2O2S. The lowest BCUT2D eigenvalue weighted by molar-refractivity contribution is -0.137. The molecule has 2 N–H and O–H groups in total. The number of rotatable bonds is 5. The summed E-state index contributed by atoms with van der Waals surface area (Å²) < 4.78 is 0.702. The Morgan fingerprint density at radius 1 is 1.93 bits per heavy atom. The molecule has 0 amide bonds. The number of aromatic nitrogens is 1. The predicted molar refractivity (Wildman–Crippen MR) is 59.7 cm³/mol. The summed E-state index contributed by atoms with van der Waals surface area (Å²) in [6.45, 7) is 3.50. The molecule has 0 radical (unpaired) electrons. The van der Waals surface area contributed by atoms with Crippen LogP contribution in [0.5, 0.6) is 0 Å². The largest absolute Gasteiger partial charge is 0.480 e. The van der Waals surface area contributed by atoms with E-state index in [0.29, 0.717) is 16.2 Å². The Labute approximate surface area is 93.8 Å². The number of carbonyl (C=O) groups is 1. The number of carboxylic acids is 1. The quantitative estimate of drug-likeness (QED) is 0.811. The third kappa shape index (κ3) is 3.12. The molecule has 14 heavy (non-hydrogen) atoms. The number of nitrogens with zero attached hydrogens (tertiary/aromatic N) is 1. The van der Waals surface area contributed by atoms with E-state index in [1.807, 2.05) is 0 Å². The molecule has 0 spiro atoms. The van der Waals surface area contributed by atoms with E-state index in [-0.39, 0.29) is 0 Å².